The number of aromatic nitrogens is 3. The van der Waals surface area contributed by atoms with E-state index < -0.39 is 0 Å². The largest absolute Gasteiger partial charge is 0.497 e. The van der Waals surface area contributed by atoms with Gasteiger partial charge in [0.05, 0.1) is 13.7 Å². The maximum absolute atomic E-state index is 13.7. The molecule has 17 heavy (non-hydrogen) atoms. The van der Waals surface area contributed by atoms with Crippen LogP contribution in [0.15, 0.2) is 22.9 Å². The smallest absolute Gasteiger partial charge is 0.240 e. The highest BCUT2D eigenvalue weighted by Crippen LogP contribution is 2.18. The van der Waals surface area contributed by atoms with Crippen LogP contribution >= 0.6 is 15.9 Å². The standard InChI is InChI=1S/C10H10BrFN4O/c1-17-7-3-2-6(8(12)4-7)5-16-9(11)14-10(13)15-16/h2-4H,5H2,1H3,(H2,13,15). The van der Waals surface area contributed by atoms with Gasteiger partial charge in [-0.1, -0.05) is 6.07 Å². The van der Waals surface area contributed by atoms with Gasteiger partial charge in [0.1, 0.15) is 11.6 Å². The Balaban J connectivity index is 2.27. The van der Waals surface area contributed by atoms with E-state index in [4.69, 9.17) is 10.5 Å². The van der Waals surface area contributed by atoms with E-state index in [1.807, 2.05) is 0 Å². The molecule has 2 N–H and O–H groups in total. The number of nitrogens with two attached hydrogens (primary N) is 1. The molecule has 0 aliphatic rings. The fourth-order valence-corrected chi connectivity index (χ4v) is 1.77. The third-order valence-electron chi connectivity index (χ3n) is 2.22. The van der Waals surface area contributed by atoms with Gasteiger partial charge in [-0.3, -0.25) is 0 Å². The van der Waals surface area contributed by atoms with Crippen LogP contribution in [-0.2, 0) is 6.54 Å². The van der Waals surface area contributed by atoms with Gasteiger partial charge >= 0.3 is 0 Å². The molecule has 0 radical (unpaired) electrons. The molecule has 1 aromatic heterocycles. The van der Waals surface area contributed by atoms with E-state index in [9.17, 15) is 4.39 Å². The van der Waals surface area contributed by atoms with Gasteiger partial charge in [0.15, 0.2) is 4.73 Å². The predicted molar refractivity (Wildman–Crippen MR) is 64.2 cm³/mol. The Hall–Kier alpha value is -1.63. The van der Waals surface area contributed by atoms with Crippen molar-refractivity contribution in [3.63, 3.8) is 0 Å². The lowest BCUT2D eigenvalue weighted by Crippen LogP contribution is -2.05. The van der Waals surface area contributed by atoms with Crippen LogP contribution in [0.1, 0.15) is 5.56 Å². The van der Waals surface area contributed by atoms with E-state index in [-0.39, 0.29) is 18.3 Å². The Morgan fingerprint density at radius 2 is 2.29 bits per heavy atom. The summed E-state index contributed by atoms with van der Waals surface area (Å²) in [5.41, 5.74) is 5.91. The molecule has 0 saturated heterocycles. The van der Waals surface area contributed by atoms with Crippen LogP contribution in [0.3, 0.4) is 0 Å². The summed E-state index contributed by atoms with van der Waals surface area (Å²) in [4.78, 5) is 3.87. The van der Waals surface area contributed by atoms with Crippen molar-refractivity contribution < 1.29 is 9.13 Å². The molecular formula is C10H10BrFN4O. The monoisotopic (exact) mass is 300 g/mol. The SMILES string of the molecule is COc1ccc(Cn2nc(N)nc2Br)c(F)c1. The van der Waals surface area contributed by atoms with Crippen molar-refractivity contribution >= 4 is 21.9 Å². The van der Waals surface area contributed by atoms with Crippen molar-refractivity contribution in [1.29, 1.82) is 0 Å². The number of hydrogen-bond acceptors (Lipinski definition) is 4. The average molecular weight is 301 g/mol. The number of nitrogen functional groups attached to an aromatic ring is 1. The highest BCUT2D eigenvalue weighted by atomic mass is 79.9. The fraction of sp³-hybridized carbons (Fsp3) is 0.200. The highest BCUT2D eigenvalue weighted by Gasteiger charge is 2.09. The Morgan fingerprint density at radius 1 is 1.53 bits per heavy atom. The van der Waals surface area contributed by atoms with Crippen LogP contribution < -0.4 is 10.5 Å². The normalized spacial score (nSPS) is 10.5. The molecule has 1 heterocycles. The summed E-state index contributed by atoms with van der Waals surface area (Å²) in [6, 6.07) is 4.65. The molecular weight excluding hydrogens is 291 g/mol. The average Bonchev–Trinajstić information content (AvgIpc) is 2.60. The zero-order valence-electron chi connectivity index (χ0n) is 9.02. The van der Waals surface area contributed by atoms with Crippen molar-refractivity contribution in [1.82, 2.24) is 14.8 Å². The lowest BCUT2D eigenvalue weighted by atomic mass is 10.2. The van der Waals surface area contributed by atoms with Crippen LogP contribution in [0.5, 0.6) is 5.75 Å². The third kappa shape index (κ3) is 2.55. The number of benzene rings is 1. The van der Waals surface area contributed by atoms with Gasteiger partial charge in [-0.05, 0) is 22.0 Å². The van der Waals surface area contributed by atoms with E-state index in [0.717, 1.165) is 0 Å². The van der Waals surface area contributed by atoms with Gasteiger partial charge in [0.2, 0.25) is 5.95 Å². The first kappa shape index (κ1) is 11.8. The lowest BCUT2D eigenvalue weighted by molar-refractivity contribution is 0.410. The second-order valence-corrected chi connectivity index (χ2v) is 4.06. The van der Waals surface area contributed by atoms with E-state index in [1.54, 1.807) is 12.1 Å². The Morgan fingerprint density at radius 3 is 2.82 bits per heavy atom. The first-order valence-corrected chi connectivity index (χ1v) is 5.57. The van der Waals surface area contributed by atoms with Gasteiger partial charge in [0.25, 0.3) is 0 Å². The number of methoxy groups -OCH3 is 1. The minimum Gasteiger partial charge on any atom is -0.497 e. The van der Waals surface area contributed by atoms with Crippen LogP contribution in [0.25, 0.3) is 0 Å². The molecule has 0 unspecified atom stereocenters. The lowest BCUT2D eigenvalue weighted by Gasteiger charge is -2.06. The molecule has 7 heteroatoms. The number of ether oxygens (including phenoxy) is 1. The maximum atomic E-state index is 13.7. The summed E-state index contributed by atoms with van der Waals surface area (Å²) in [5, 5.41) is 3.93. The van der Waals surface area contributed by atoms with Gasteiger partial charge in [-0.25, -0.2) is 9.07 Å². The third-order valence-corrected chi connectivity index (χ3v) is 2.81. The van der Waals surface area contributed by atoms with Crippen LogP contribution in [-0.4, -0.2) is 21.9 Å². The van der Waals surface area contributed by atoms with E-state index in [1.165, 1.54) is 17.9 Å². The van der Waals surface area contributed by atoms with E-state index >= 15 is 0 Å². The zero-order chi connectivity index (χ0) is 12.4. The molecule has 2 rings (SSSR count). The fourth-order valence-electron chi connectivity index (χ4n) is 1.38. The van der Waals surface area contributed by atoms with Crippen molar-refractivity contribution in [3.05, 3.63) is 34.3 Å². The van der Waals surface area contributed by atoms with Gasteiger partial charge in [-0.2, -0.15) is 4.98 Å². The first-order chi connectivity index (χ1) is 8.10. The van der Waals surface area contributed by atoms with Crippen molar-refractivity contribution in [2.45, 2.75) is 6.54 Å². The van der Waals surface area contributed by atoms with Crippen LogP contribution in [0.2, 0.25) is 0 Å². The molecule has 0 amide bonds. The van der Waals surface area contributed by atoms with Crippen LogP contribution in [0.4, 0.5) is 10.3 Å². The van der Waals surface area contributed by atoms with Crippen molar-refractivity contribution in [3.8, 4) is 5.75 Å². The molecule has 0 aliphatic heterocycles. The Labute approximate surface area is 106 Å². The van der Waals surface area contributed by atoms with Crippen molar-refractivity contribution in [2.75, 3.05) is 12.8 Å². The van der Waals surface area contributed by atoms with Gasteiger partial charge < -0.3 is 10.5 Å². The number of rotatable bonds is 3. The minimum atomic E-state index is -0.356. The molecule has 0 aliphatic carbocycles. The molecule has 0 fully saturated rings. The molecule has 90 valence electrons. The topological polar surface area (TPSA) is 66.0 Å². The second-order valence-electron chi connectivity index (χ2n) is 3.35. The molecule has 0 bridgehead atoms. The zero-order valence-corrected chi connectivity index (χ0v) is 10.6. The predicted octanol–water partition coefficient (Wildman–Crippen LogP) is 1.82. The summed E-state index contributed by atoms with van der Waals surface area (Å²) < 4.78 is 20.5. The highest BCUT2D eigenvalue weighted by molar-refractivity contribution is 9.10. The van der Waals surface area contributed by atoms with Crippen LogP contribution in [0, 0.1) is 5.82 Å². The van der Waals surface area contributed by atoms with Gasteiger partial charge in [-0.15, -0.1) is 5.10 Å². The summed E-state index contributed by atoms with van der Waals surface area (Å²) in [7, 11) is 1.49. The van der Waals surface area contributed by atoms with E-state index in [0.29, 0.717) is 16.0 Å². The number of anilines is 1. The quantitative estimate of drug-likeness (QED) is 0.939. The Kier molecular flexibility index (Phi) is 3.28. The minimum absolute atomic E-state index is 0.144. The summed E-state index contributed by atoms with van der Waals surface area (Å²) in [5.74, 6) is 0.263. The molecule has 2 aromatic rings. The first-order valence-electron chi connectivity index (χ1n) is 4.78. The van der Waals surface area contributed by atoms with E-state index in [2.05, 4.69) is 26.0 Å². The molecule has 0 saturated carbocycles. The number of nitrogens with zero attached hydrogens (tertiary/aromatic N) is 3. The number of halogens is 2. The molecule has 0 spiro atoms. The maximum Gasteiger partial charge on any atom is 0.240 e. The second kappa shape index (κ2) is 4.70. The molecule has 0 atom stereocenters. The summed E-state index contributed by atoms with van der Waals surface area (Å²) in [6.45, 7) is 0.251. The summed E-state index contributed by atoms with van der Waals surface area (Å²) >= 11 is 3.19. The Bertz CT molecular complexity index is 543. The molecule has 5 nitrogen and oxygen atoms in total. The summed E-state index contributed by atoms with van der Waals surface area (Å²) in [6.07, 6.45) is 0. The number of hydrogen-bond donors (Lipinski definition) is 1. The molecule has 1 aromatic carbocycles. The van der Waals surface area contributed by atoms with Gasteiger partial charge in [0, 0.05) is 11.6 Å². The van der Waals surface area contributed by atoms with Crippen molar-refractivity contribution in [2.24, 2.45) is 0 Å².